The first-order chi connectivity index (χ1) is 7.65. The number of nitrogens with zero attached hydrogens (tertiary/aromatic N) is 1. The van der Waals surface area contributed by atoms with Crippen molar-refractivity contribution in [3.8, 4) is 5.75 Å². The van der Waals surface area contributed by atoms with Crippen LogP contribution in [0.5, 0.6) is 5.75 Å². The van der Waals surface area contributed by atoms with E-state index in [0.29, 0.717) is 5.02 Å². The van der Waals surface area contributed by atoms with Crippen molar-refractivity contribution in [2.75, 3.05) is 5.32 Å². The smallest absolute Gasteiger partial charge is 0.134 e. The van der Waals surface area contributed by atoms with Gasteiger partial charge in [0.15, 0.2) is 0 Å². The molecule has 0 fully saturated rings. The number of halogens is 1. The second-order valence-electron chi connectivity index (χ2n) is 3.70. The van der Waals surface area contributed by atoms with Gasteiger partial charge in [0.25, 0.3) is 0 Å². The normalized spacial score (nSPS) is 10.4. The zero-order valence-corrected chi connectivity index (χ0v) is 9.70. The van der Waals surface area contributed by atoms with Crippen molar-refractivity contribution in [2.24, 2.45) is 7.05 Å². The highest BCUT2D eigenvalue weighted by molar-refractivity contribution is 6.32. The van der Waals surface area contributed by atoms with Crippen molar-refractivity contribution in [1.82, 2.24) is 4.57 Å². The van der Waals surface area contributed by atoms with E-state index in [1.807, 2.05) is 17.8 Å². The Hall–Kier alpha value is -1.61. The molecule has 2 aromatic rings. The predicted octanol–water partition coefficient (Wildman–Crippen LogP) is 3.00. The minimum atomic E-state index is 0.104. The molecule has 0 aliphatic carbocycles. The summed E-state index contributed by atoms with van der Waals surface area (Å²) < 4.78 is 2.00. The number of rotatable bonds is 3. The Morgan fingerprint density at radius 1 is 1.38 bits per heavy atom. The molecule has 3 nitrogen and oxygen atoms in total. The first-order valence-electron chi connectivity index (χ1n) is 4.98. The first-order valence-corrected chi connectivity index (χ1v) is 5.36. The average Bonchev–Trinajstić information content (AvgIpc) is 2.66. The number of hydrogen-bond acceptors (Lipinski definition) is 2. The molecule has 16 heavy (non-hydrogen) atoms. The van der Waals surface area contributed by atoms with E-state index in [1.54, 1.807) is 18.2 Å². The second kappa shape index (κ2) is 4.49. The maximum atomic E-state index is 9.27. The molecule has 0 bridgehead atoms. The number of phenols is 1. The van der Waals surface area contributed by atoms with Crippen molar-refractivity contribution in [3.05, 3.63) is 47.2 Å². The van der Waals surface area contributed by atoms with Gasteiger partial charge in [0.1, 0.15) is 5.75 Å². The van der Waals surface area contributed by atoms with E-state index >= 15 is 0 Å². The van der Waals surface area contributed by atoms with Gasteiger partial charge in [-0.2, -0.15) is 0 Å². The van der Waals surface area contributed by atoms with Gasteiger partial charge < -0.3 is 15.0 Å². The summed E-state index contributed by atoms with van der Waals surface area (Å²) in [7, 11) is 1.99. The van der Waals surface area contributed by atoms with Crippen molar-refractivity contribution in [2.45, 2.75) is 6.54 Å². The summed E-state index contributed by atoms with van der Waals surface area (Å²) in [5.41, 5.74) is 2.10. The molecular weight excluding hydrogens is 224 g/mol. The van der Waals surface area contributed by atoms with Gasteiger partial charge in [-0.05, 0) is 29.8 Å². The molecule has 0 atom stereocenters. The maximum absolute atomic E-state index is 9.27. The Kier molecular flexibility index (Phi) is 3.06. The Balaban J connectivity index is 2.02. The van der Waals surface area contributed by atoms with Gasteiger partial charge in [-0.25, -0.2) is 0 Å². The van der Waals surface area contributed by atoms with Crippen LogP contribution in [0.3, 0.4) is 0 Å². The minimum absolute atomic E-state index is 0.104. The standard InChI is InChI=1S/C12H13ClN2O/c1-15-5-4-9(8-15)7-14-10-2-3-12(16)11(13)6-10/h2-6,8,14,16H,7H2,1H3. The third-order valence-corrected chi connectivity index (χ3v) is 2.64. The highest BCUT2D eigenvalue weighted by Gasteiger charge is 2.00. The van der Waals surface area contributed by atoms with Crippen LogP contribution in [0.1, 0.15) is 5.56 Å². The summed E-state index contributed by atoms with van der Waals surface area (Å²) in [6.07, 6.45) is 4.05. The van der Waals surface area contributed by atoms with Crippen LogP contribution in [-0.4, -0.2) is 9.67 Å². The Bertz CT molecular complexity index is 494. The monoisotopic (exact) mass is 236 g/mol. The molecule has 0 unspecified atom stereocenters. The summed E-state index contributed by atoms with van der Waals surface area (Å²) in [4.78, 5) is 0. The quantitative estimate of drug-likeness (QED) is 0.804. The number of aryl methyl sites for hydroxylation is 1. The van der Waals surface area contributed by atoms with Crippen molar-refractivity contribution in [1.29, 1.82) is 0 Å². The second-order valence-corrected chi connectivity index (χ2v) is 4.11. The molecule has 1 aromatic carbocycles. The van der Waals surface area contributed by atoms with E-state index < -0.39 is 0 Å². The molecule has 2 rings (SSSR count). The molecule has 4 heteroatoms. The molecule has 0 spiro atoms. The van der Waals surface area contributed by atoms with E-state index in [9.17, 15) is 5.11 Å². The lowest BCUT2D eigenvalue weighted by Gasteiger charge is -2.06. The number of aromatic nitrogens is 1. The van der Waals surface area contributed by atoms with Crippen molar-refractivity contribution >= 4 is 17.3 Å². The predicted molar refractivity (Wildman–Crippen MR) is 65.9 cm³/mol. The van der Waals surface area contributed by atoms with E-state index in [1.165, 1.54) is 5.56 Å². The topological polar surface area (TPSA) is 37.2 Å². The highest BCUT2D eigenvalue weighted by atomic mass is 35.5. The molecule has 0 amide bonds. The summed E-state index contributed by atoms with van der Waals surface area (Å²) in [5.74, 6) is 0.104. The van der Waals surface area contributed by atoms with Crippen LogP contribution in [0, 0.1) is 0 Å². The van der Waals surface area contributed by atoms with Gasteiger partial charge in [0.05, 0.1) is 5.02 Å². The number of hydrogen-bond donors (Lipinski definition) is 2. The van der Waals surface area contributed by atoms with E-state index in [-0.39, 0.29) is 5.75 Å². The molecule has 0 aliphatic heterocycles. The molecule has 0 radical (unpaired) electrons. The molecule has 0 aliphatic rings. The van der Waals surface area contributed by atoms with Crippen LogP contribution >= 0.6 is 11.6 Å². The lowest BCUT2D eigenvalue weighted by Crippen LogP contribution is -1.98. The third kappa shape index (κ3) is 2.49. The zero-order chi connectivity index (χ0) is 11.5. The van der Waals surface area contributed by atoms with Gasteiger partial charge in [0.2, 0.25) is 0 Å². The molecule has 84 valence electrons. The molecule has 0 saturated carbocycles. The zero-order valence-electron chi connectivity index (χ0n) is 8.94. The number of aromatic hydroxyl groups is 1. The van der Waals surface area contributed by atoms with Gasteiger partial charge >= 0.3 is 0 Å². The number of phenolic OH excluding ortho intramolecular Hbond substituents is 1. The average molecular weight is 237 g/mol. The highest BCUT2D eigenvalue weighted by Crippen LogP contribution is 2.26. The lowest BCUT2D eigenvalue weighted by molar-refractivity contribution is 0.475. The van der Waals surface area contributed by atoms with Crippen LogP contribution < -0.4 is 5.32 Å². The van der Waals surface area contributed by atoms with Crippen molar-refractivity contribution < 1.29 is 5.11 Å². The van der Waals surface area contributed by atoms with Crippen LogP contribution in [0.4, 0.5) is 5.69 Å². The fraction of sp³-hybridized carbons (Fsp3) is 0.167. The SMILES string of the molecule is Cn1ccc(CNc2ccc(O)c(Cl)c2)c1. The van der Waals surface area contributed by atoms with Crippen LogP contribution in [0.25, 0.3) is 0 Å². The molecule has 1 aromatic heterocycles. The van der Waals surface area contributed by atoms with Gasteiger partial charge in [0, 0.05) is 31.7 Å². The van der Waals surface area contributed by atoms with Crippen LogP contribution in [0.2, 0.25) is 5.02 Å². The molecule has 1 heterocycles. The Morgan fingerprint density at radius 3 is 2.81 bits per heavy atom. The molecular formula is C12H13ClN2O. The molecule has 0 saturated heterocycles. The van der Waals surface area contributed by atoms with Crippen molar-refractivity contribution in [3.63, 3.8) is 0 Å². The number of benzene rings is 1. The largest absolute Gasteiger partial charge is 0.506 e. The number of anilines is 1. The molecule has 2 N–H and O–H groups in total. The Labute approximate surface area is 99.3 Å². The van der Waals surface area contributed by atoms with Crippen LogP contribution in [-0.2, 0) is 13.6 Å². The number of nitrogens with one attached hydrogen (secondary N) is 1. The summed E-state index contributed by atoms with van der Waals surface area (Å²) in [6, 6.07) is 7.13. The fourth-order valence-electron chi connectivity index (χ4n) is 1.49. The summed E-state index contributed by atoms with van der Waals surface area (Å²) in [6.45, 7) is 0.738. The van der Waals surface area contributed by atoms with E-state index in [4.69, 9.17) is 11.6 Å². The fourth-order valence-corrected chi connectivity index (χ4v) is 1.67. The minimum Gasteiger partial charge on any atom is -0.506 e. The lowest BCUT2D eigenvalue weighted by atomic mass is 10.3. The maximum Gasteiger partial charge on any atom is 0.134 e. The van der Waals surface area contributed by atoms with Crippen LogP contribution in [0.15, 0.2) is 36.7 Å². The first kappa shape index (κ1) is 10.9. The Morgan fingerprint density at radius 2 is 2.19 bits per heavy atom. The van der Waals surface area contributed by atoms with E-state index in [2.05, 4.69) is 17.6 Å². The third-order valence-electron chi connectivity index (χ3n) is 2.34. The van der Waals surface area contributed by atoms with Gasteiger partial charge in [-0.1, -0.05) is 11.6 Å². The summed E-state index contributed by atoms with van der Waals surface area (Å²) >= 11 is 5.81. The van der Waals surface area contributed by atoms with Gasteiger partial charge in [-0.3, -0.25) is 0 Å². The van der Waals surface area contributed by atoms with E-state index in [0.717, 1.165) is 12.2 Å². The summed E-state index contributed by atoms with van der Waals surface area (Å²) in [5, 5.41) is 12.9. The van der Waals surface area contributed by atoms with Gasteiger partial charge in [-0.15, -0.1) is 0 Å².